The van der Waals surface area contributed by atoms with E-state index in [4.69, 9.17) is 23.2 Å². The predicted molar refractivity (Wildman–Crippen MR) is 78.7 cm³/mol. The molecule has 2 rings (SSSR count). The maximum Gasteiger partial charge on any atom is 0.180 e. The summed E-state index contributed by atoms with van der Waals surface area (Å²) in [5, 5.41) is 4.10. The van der Waals surface area contributed by atoms with Crippen molar-refractivity contribution in [3.05, 3.63) is 27.7 Å². The average Bonchev–Trinajstić information content (AvgIpc) is 2.31. The van der Waals surface area contributed by atoms with Crippen LogP contribution >= 0.6 is 23.2 Å². The van der Waals surface area contributed by atoms with Crippen molar-refractivity contribution >= 4 is 33.0 Å². The highest BCUT2D eigenvalue weighted by Gasteiger charge is 2.38. The van der Waals surface area contributed by atoms with Gasteiger partial charge in [-0.05, 0) is 31.0 Å². The van der Waals surface area contributed by atoms with Gasteiger partial charge in [0.05, 0.1) is 15.7 Å². The Labute approximate surface area is 124 Å². The summed E-state index contributed by atoms with van der Waals surface area (Å²) < 4.78 is 24.6. The van der Waals surface area contributed by atoms with Crippen LogP contribution in [0.15, 0.2) is 17.0 Å². The SMILES string of the molecule is CCCNC1c2c(Cl)ccc(Cl)c2S(=O)(=O)CC1C. The molecule has 0 radical (unpaired) electrons. The van der Waals surface area contributed by atoms with Gasteiger partial charge in [-0.2, -0.15) is 0 Å². The second kappa shape index (κ2) is 5.60. The largest absolute Gasteiger partial charge is 0.310 e. The second-order valence-corrected chi connectivity index (χ2v) is 7.75. The van der Waals surface area contributed by atoms with E-state index in [1.54, 1.807) is 12.1 Å². The van der Waals surface area contributed by atoms with E-state index in [1.807, 2.05) is 6.92 Å². The molecule has 0 spiro atoms. The zero-order valence-electron chi connectivity index (χ0n) is 10.9. The molecule has 19 heavy (non-hydrogen) atoms. The molecule has 2 atom stereocenters. The molecule has 2 unspecified atom stereocenters. The van der Waals surface area contributed by atoms with E-state index in [2.05, 4.69) is 12.2 Å². The van der Waals surface area contributed by atoms with Gasteiger partial charge in [0.1, 0.15) is 0 Å². The van der Waals surface area contributed by atoms with E-state index in [0.29, 0.717) is 10.6 Å². The van der Waals surface area contributed by atoms with Gasteiger partial charge in [-0.1, -0.05) is 37.0 Å². The molecule has 0 saturated carbocycles. The third-order valence-corrected chi connectivity index (χ3v) is 6.17. The van der Waals surface area contributed by atoms with Crippen LogP contribution in [0.1, 0.15) is 31.9 Å². The highest BCUT2D eigenvalue weighted by atomic mass is 35.5. The fourth-order valence-electron chi connectivity index (χ4n) is 2.57. The molecule has 1 N–H and O–H groups in total. The summed E-state index contributed by atoms with van der Waals surface area (Å²) in [4.78, 5) is 0.202. The van der Waals surface area contributed by atoms with Crippen molar-refractivity contribution in [2.24, 2.45) is 5.92 Å². The fourth-order valence-corrected chi connectivity index (χ4v) is 5.40. The van der Waals surface area contributed by atoms with Crippen LogP contribution in [0.4, 0.5) is 0 Å². The molecule has 0 bridgehead atoms. The highest BCUT2D eigenvalue weighted by Crippen LogP contribution is 2.43. The molecule has 0 fully saturated rings. The van der Waals surface area contributed by atoms with Crippen LogP contribution in [-0.4, -0.2) is 20.7 Å². The van der Waals surface area contributed by atoms with Gasteiger partial charge < -0.3 is 5.32 Å². The Morgan fingerprint density at radius 3 is 2.58 bits per heavy atom. The van der Waals surface area contributed by atoms with Gasteiger partial charge in [-0.15, -0.1) is 0 Å². The first kappa shape index (κ1) is 15.1. The number of rotatable bonds is 3. The summed E-state index contributed by atoms with van der Waals surface area (Å²) in [5.74, 6) is 0.0709. The minimum Gasteiger partial charge on any atom is -0.310 e. The van der Waals surface area contributed by atoms with Crippen molar-refractivity contribution in [2.75, 3.05) is 12.3 Å². The molecular formula is C13H17Cl2NO2S. The maximum absolute atomic E-state index is 12.3. The molecule has 1 heterocycles. The third-order valence-electron chi connectivity index (χ3n) is 3.38. The molecule has 0 aromatic heterocycles. The summed E-state index contributed by atoms with van der Waals surface area (Å²) >= 11 is 12.3. The Bertz CT molecular complexity index is 587. The maximum atomic E-state index is 12.3. The van der Waals surface area contributed by atoms with Crippen molar-refractivity contribution in [2.45, 2.75) is 31.2 Å². The molecule has 106 valence electrons. The molecule has 3 nitrogen and oxygen atoms in total. The van der Waals surface area contributed by atoms with E-state index >= 15 is 0 Å². The van der Waals surface area contributed by atoms with Crippen molar-refractivity contribution in [1.82, 2.24) is 5.32 Å². The molecule has 6 heteroatoms. The van der Waals surface area contributed by atoms with E-state index in [-0.39, 0.29) is 27.6 Å². The van der Waals surface area contributed by atoms with Crippen LogP contribution in [0.2, 0.25) is 10.0 Å². The summed E-state index contributed by atoms with van der Waals surface area (Å²) in [6.07, 6.45) is 0.976. The van der Waals surface area contributed by atoms with Gasteiger partial charge in [-0.25, -0.2) is 8.42 Å². The first-order valence-electron chi connectivity index (χ1n) is 6.32. The average molecular weight is 322 g/mol. The lowest BCUT2D eigenvalue weighted by molar-refractivity contribution is 0.396. The summed E-state index contributed by atoms with van der Waals surface area (Å²) in [6, 6.07) is 3.15. The number of fused-ring (bicyclic) bond motifs is 1. The van der Waals surface area contributed by atoms with E-state index in [1.165, 1.54) is 0 Å². The first-order chi connectivity index (χ1) is 8.88. The predicted octanol–water partition coefficient (Wildman–Crippen LogP) is 3.46. The third kappa shape index (κ3) is 2.77. The lowest BCUT2D eigenvalue weighted by Gasteiger charge is -2.33. The molecule has 0 saturated heterocycles. The zero-order valence-corrected chi connectivity index (χ0v) is 13.2. The van der Waals surface area contributed by atoms with Crippen molar-refractivity contribution in [1.29, 1.82) is 0 Å². The number of sulfone groups is 1. The van der Waals surface area contributed by atoms with E-state index in [0.717, 1.165) is 13.0 Å². The number of hydrogen-bond acceptors (Lipinski definition) is 3. The molecular weight excluding hydrogens is 305 g/mol. The summed E-state index contributed by atoms with van der Waals surface area (Å²) in [7, 11) is -3.36. The summed E-state index contributed by atoms with van der Waals surface area (Å²) in [6.45, 7) is 4.81. The van der Waals surface area contributed by atoms with Crippen LogP contribution in [0.25, 0.3) is 0 Å². The Morgan fingerprint density at radius 1 is 1.32 bits per heavy atom. The molecule has 1 aliphatic rings. The van der Waals surface area contributed by atoms with Gasteiger partial charge in [0.15, 0.2) is 9.84 Å². The normalized spacial score (nSPS) is 25.1. The number of halogens is 2. The highest BCUT2D eigenvalue weighted by molar-refractivity contribution is 7.91. The van der Waals surface area contributed by atoms with Crippen LogP contribution in [0, 0.1) is 5.92 Å². The van der Waals surface area contributed by atoms with Crippen LogP contribution in [-0.2, 0) is 9.84 Å². The smallest absolute Gasteiger partial charge is 0.180 e. The van der Waals surface area contributed by atoms with Gasteiger partial charge >= 0.3 is 0 Å². The molecule has 0 aliphatic carbocycles. The number of hydrogen-bond donors (Lipinski definition) is 1. The summed E-state index contributed by atoms with van der Waals surface area (Å²) in [5.41, 5.74) is 0.626. The monoisotopic (exact) mass is 321 g/mol. The van der Waals surface area contributed by atoms with Crippen LogP contribution in [0.3, 0.4) is 0 Å². The zero-order chi connectivity index (χ0) is 14.2. The Hall–Kier alpha value is -0.290. The Balaban J connectivity index is 2.62. The molecule has 1 aliphatic heterocycles. The molecule has 1 aromatic carbocycles. The number of nitrogens with one attached hydrogen (secondary N) is 1. The van der Waals surface area contributed by atoms with E-state index < -0.39 is 9.84 Å². The second-order valence-electron chi connectivity index (χ2n) is 4.96. The lowest BCUT2D eigenvalue weighted by atomic mass is 9.95. The van der Waals surface area contributed by atoms with Crippen molar-refractivity contribution < 1.29 is 8.42 Å². The quantitative estimate of drug-likeness (QED) is 0.927. The van der Waals surface area contributed by atoms with Gasteiger partial charge in [0.2, 0.25) is 0 Å². The number of benzene rings is 1. The van der Waals surface area contributed by atoms with Gasteiger partial charge in [0, 0.05) is 16.6 Å². The van der Waals surface area contributed by atoms with Crippen molar-refractivity contribution in [3.8, 4) is 0 Å². The minimum atomic E-state index is -3.36. The first-order valence-corrected chi connectivity index (χ1v) is 8.73. The van der Waals surface area contributed by atoms with Crippen LogP contribution in [0.5, 0.6) is 0 Å². The molecule has 0 amide bonds. The standard InChI is InChI=1S/C13H17Cl2NO2S/c1-3-6-16-12-8(2)7-19(17,18)13-10(15)5-4-9(14)11(12)13/h4-5,8,12,16H,3,6-7H2,1-2H3. The fraction of sp³-hybridized carbons (Fsp3) is 0.538. The van der Waals surface area contributed by atoms with Crippen LogP contribution < -0.4 is 5.32 Å². The molecule has 1 aromatic rings. The Kier molecular flexibility index (Phi) is 4.45. The van der Waals surface area contributed by atoms with Crippen molar-refractivity contribution in [3.63, 3.8) is 0 Å². The van der Waals surface area contributed by atoms with Gasteiger partial charge in [-0.3, -0.25) is 0 Å². The van der Waals surface area contributed by atoms with Gasteiger partial charge in [0.25, 0.3) is 0 Å². The van der Waals surface area contributed by atoms with E-state index in [9.17, 15) is 8.42 Å². The lowest BCUT2D eigenvalue weighted by Crippen LogP contribution is -2.37. The minimum absolute atomic E-state index is 0.0278. The topological polar surface area (TPSA) is 46.2 Å². The Morgan fingerprint density at radius 2 is 1.95 bits per heavy atom.